The normalized spacial score (nSPS) is 11.8. The van der Waals surface area contributed by atoms with Gasteiger partial charge in [0.2, 0.25) is 0 Å². The van der Waals surface area contributed by atoms with E-state index in [9.17, 15) is 14.6 Å². The molecule has 104 valence electrons. The van der Waals surface area contributed by atoms with Gasteiger partial charge in [-0.05, 0) is 27.7 Å². The lowest BCUT2D eigenvalue weighted by atomic mass is 10.2. The molecule has 0 saturated carbocycles. The van der Waals surface area contributed by atoms with Gasteiger partial charge in [-0.3, -0.25) is 0 Å². The van der Waals surface area contributed by atoms with Crippen molar-refractivity contribution >= 4 is 29.9 Å². The molecule has 0 unspecified atom stereocenters. The van der Waals surface area contributed by atoms with E-state index < -0.39 is 9.49 Å². The van der Waals surface area contributed by atoms with Crippen LogP contribution in [0.3, 0.4) is 0 Å². The molecule has 0 atom stereocenters. The van der Waals surface area contributed by atoms with Gasteiger partial charge in [-0.1, -0.05) is 0 Å². The van der Waals surface area contributed by atoms with Crippen LogP contribution in [0.4, 0.5) is 4.79 Å². The molecule has 18 heavy (non-hydrogen) atoms. The molecule has 7 nitrogen and oxygen atoms in total. The van der Waals surface area contributed by atoms with Crippen molar-refractivity contribution in [3.05, 3.63) is 9.81 Å². The molecule has 0 heterocycles. The fraction of sp³-hybridized carbons (Fsp3) is 0.889. The Balaban J connectivity index is 3.98. The van der Waals surface area contributed by atoms with Crippen molar-refractivity contribution in [2.24, 2.45) is 9.16 Å². The zero-order valence-corrected chi connectivity index (χ0v) is 12.5. The van der Waals surface area contributed by atoms with Gasteiger partial charge in [-0.2, -0.15) is 0 Å². The van der Waals surface area contributed by atoms with E-state index >= 15 is 0 Å². The van der Waals surface area contributed by atoms with Crippen molar-refractivity contribution in [2.45, 2.75) is 37.2 Å². The molecule has 0 aliphatic heterocycles. The maximum absolute atomic E-state index is 11.5. The fourth-order valence-corrected chi connectivity index (χ4v) is 1.59. The molecule has 0 saturated heterocycles. The highest BCUT2D eigenvalue weighted by Crippen LogP contribution is 2.24. The third kappa shape index (κ3) is 8.29. The zero-order chi connectivity index (χ0) is 14.2. The number of amides is 2. The minimum absolute atomic E-state index is 0.314. The van der Waals surface area contributed by atoms with Gasteiger partial charge in [0.15, 0.2) is 0 Å². The van der Waals surface area contributed by atoms with E-state index in [1.165, 1.54) is 0 Å². The molecular weight excluding hydrogens is 276 g/mol. The first kappa shape index (κ1) is 17.2. The van der Waals surface area contributed by atoms with Crippen molar-refractivity contribution in [3.8, 4) is 0 Å². The van der Waals surface area contributed by atoms with Crippen LogP contribution in [-0.4, -0.2) is 28.6 Å². The maximum atomic E-state index is 11.5. The first-order chi connectivity index (χ1) is 8.22. The van der Waals surface area contributed by atoms with Gasteiger partial charge >= 0.3 is 6.03 Å². The monoisotopic (exact) mass is 294 g/mol. The smallest absolute Gasteiger partial charge is 0.314 e. The summed E-state index contributed by atoms with van der Waals surface area (Å²) in [6, 6.07) is -0.353. The Bertz CT molecular complexity index is 282. The summed E-state index contributed by atoms with van der Waals surface area (Å²) in [6.45, 7) is 7.83. The zero-order valence-electron chi connectivity index (χ0n) is 10.8. The molecule has 0 spiro atoms. The molecule has 0 aromatic rings. The molecule has 0 rings (SSSR count). The molecule has 2 amide bonds. The van der Waals surface area contributed by atoms with E-state index in [0.717, 1.165) is 23.9 Å². The second-order valence-electron chi connectivity index (χ2n) is 4.89. The number of rotatable bonds is 8. The van der Waals surface area contributed by atoms with Crippen LogP contribution >= 0.6 is 23.9 Å². The predicted octanol–water partition coefficient (Wildman–Crippen LogP) is 2.67. The van der Waals surface area contributed by atoms with Crippen molar-refractivity contribution in [1.29, 1.82) is 0 Å². The number of hydrogen-bond donors (Lipinski definition) is 2. The van der Waals surface area contributed by atoms with Crippen LogP contribution in [0.5, 0.6) is 0 Å². The molecule has 0 aromatic carbocycles. The van der Waals surface area contributed by atoms with Crippen LogP contribution < -0.4 is 10.6 Å². The summed E-state index contributed by atoms with van der Waals surface area (Å²) in [5.41, 5.74) is 0. The van der Waals surface area contributed by atoms with Gasteiger partial charge in [0.1, 0.15) is 0 Å². The maximum Gasteiger partial charge on any atom is 0.314 e. The minimum atomic E-state index is -0.451. The van der Waals surface area contributed by atoms with E-state index in [4.69, 9.17) is 0 Å². The molecule has 2 N–H and O–H groups in total. The molecule has 0 radical (unpaired) electrons. The van der Waals surface area contributed by atoms with Crippen molar-refractivity contribution in [1.82, 2.24) is 10.6 Å². The van der Waals surface area contributed by atoms with Crippen molar-refractivity contribution in [2.75, 3.05) is 13.1 Å². The summed E-state index contributed by atoms with van der Waals surface area (Å²) in [6.07, 6.45) is 0. The quantitative estimate of drug-likeness (QED) is 0.529. The Morgan fingerprint density at radius 1 is 0.944 bits per heavy atom. The topological polar surface area (TPSA) is 100.0 Å². The highest BCUT2D eigenvalue weighted by molar-refractivity contribution is 7.99. The summed E-state index contributed by atoms with van der Waals surface area (Å²) in [4.78, 5) is 31.8. The number of urea groups is 1. The predicted molar refractivity (Wildman–Crippen MR) is 76.3 cm³/mol. The Labute approximate surface area is 115 Å². The highest BCUT2D eigenvalue weighted by Gasteiger charge is 2.23. The number of carbonyl (C=O) groups excluding carboxylic acids is 1. The number of nitrogens with one attached hydrogen (secondary N) is 2. The number of nitrogens with zero attached hydrogens (tertiary/aromatic N) is 2. The molecule has 0 aromatic heterocycles. The Morgan fingerprint density at radius 2 is 1.28 bits per heavy atom. The van der Waals surface area contributed by atoms with Gasteiger partial charge in [-0.15, -0.1) is 9.81 Å². The standard InChI is InChI=1S/C9H18N4O3S2/c1-8(2,17-12-15)5-10-7(14)11-6-9(3,4)18-13-16/h5-6H2,1-4H3,(H2,10,11,14). The van der Waals surface area contributed by atoms with Crippen LogP contribution in [-0.2, 0) is 0 Å². The van der Waals surface area contributed by atoms with Crippen LogP contribution in [0.25, 0.3) is 0 Å². The third-order valence-corrected chi connectivity index (χ3v) is 3.34. The summed E-state index contributed by atoms with van der Waals surface area (Å²) in [5.74, 6) is 0. The minimum Gasteiger partial charge on any atom is -0.337 e. The lowest BCUT2D eigenvalue weighted by molar-refractivity contribution is 0.239. The molecule has 0 aliphatic rings. The summed E-state index contributed by atoms with van der Waals surface area (Å²) in [7, 11) is 0. The molecule has 0 bridgehead atoms. The van der Waals surface area contributed by atoms with Gasteiger partial charge in [0, 0.05) is 46.1 Å². The largest absolute Gasteiger partial charge is 0.337 e. The van der Waals surface area contributed by atoms with E-state index in [0.29, 0.717) is 13.1 Å². The number of nitroso groups, excluding NO2 is 2. The first-order valence-corrected chi connectivity index (χ1v) is 6.80. The van der Waals surface area contributed by atoms with Crippen LogP contribution in [0, 0.1) is 9.81 Å². The Kier molecular flexibility index (Phi) is 7.22. The average Bonchev–Trinajstić information content (AvgIpc) is 2.24. The number of hydrogen-bond acceptors (Lipinski definition) is 7. The Morgan fingerprint density at radius 3 is 1.56 bits per heavy atom. The van der Waals surface area contributed by atoms with E-state index in [-0.39, 0.29) is 6.03 Å². The van der Waals surface area contributed by atoms with Gasteiger partial charge in [-0.25, -0.2) is 4.79 Å². The van der Waals surface area contributed by atoms with Crippen molar-refractivity contribution < 1.29 is 4.79 Å². The molecular formula is C9H18N4O3S2. The third-order valence-electron chi connectivity index (χ3n) is 1.92. The molecule has 0 fully saturated rings. The van der Waals surface area contributed by atoms with Crippen LogP contribution in [0.2, 0.25) is 0 Å². The van der Waals surface area contributed by atoms with Crippen molar-refractivity contribution in [3.63, 3.8) is 0 Å². The highest BCUT2D eigenvalue weighted by atomic mass is 32.2. The van der Waals surface area contributed by atoms with Crippen LogP contribution in [0.15, 0.2) is 9.16 Å². The lowest BCUT2D eigenvalue weighted by Gasteiger charge is -2.22. The number of carbonyl (C=O) groups is 1. The SMILES string of the molecule is CC(C)(CNC(=O)NCC(C)(C)SN=O)SN=O. The van der Waals surface area contributed by atoms with E-state index in [1.807, 2.05) is 0 Å². The molecule has 0 aliphatic carbocycles. The average molecular weight is 294 g/mol. The fourth-order valence-electron chi connectivity index (χ4n) is 0.915. The Hall–Kier alpha value is -0.830. The summed E-state index contributed by atoms with van der Waals surface area (Å²) >= 11 is 1.75. The second kappa shape index (κ2) is 7.57. The second-order valence-corrected chi connectivity index (χ2v) is 7.76. The molecule has 9 heteroatoms. The van der Waals surface area contributed by atoms with Gasteiger partial charge in [0.25, 0.3) is 0 Å². The first-order valence-electron chi connectivity index (χ1n) is 5.26. The van der Waals surface area contributed by atoms with Gasteiger partial charge < -0.3 is 10.6 Å². The summed E-state index contributed by atoms with van der Waals surface area (Å²) < 4.78 is 4.58. The van der Waals surface area contributed by atoms with E-state index in [2.05, 4.69) is 19.8 Å². The van der Waals surface area contributed by atoms with Crippen LogP contribution in [0.1, 0.15) is 27.7 Å². The van der Waals surface area contributed by atoms with Gasteiger partial charge in [0.05, 0.1) is 9.49 Å². The lowest BCUT2D eigenvalue weighted by Crippen LogP contribution is -2.45. The summed E-state index contributed by atoms with van der Waals surface area (Å²) in [5, 5.41) is 5.27. The van der Waals surface area contributed by atoms with E-state index in [1.54, 1.807) is 27.7 Å².